The van der Waals surface area contributed by atoms with Gasteiger partial charge in [-0.3, -0.25) is 9.59 Å². The van der Waals surface area contributed by atoms with Gasteiger partial charge in [0.05, 0.1) is 6.54 Å². The van der Waals surface area contributed by atoms with E-state index in [0.717, 1.165) is 11.1 Å². The molecule has 0 bridgehead atoms. The van der Waals surface area contributed by atoms with Crippen LogP contribution < -0.4 is 10.6 Å². The van der Waals surface area contributed by atoms with E-state index in [4.69, 9.17) is 0 Å². The van der Waals surface area contributed by atoms with E-state index in [2.05, 4.69) is 10.6 Å². The molecule has 2 aromatic rings. The molecule has 0 saturated heterocycles. The molecule has 0 saturated carbocycles. The van der Waals surface area contributed by atoms with E-state index in [9.17, 15) is 14.0 Å². The van der Waals surface area contributed by atoms with E-state index in [1.54, 1.807) is 31.2 Å². The summed E-state index contributed by atoms with van der Waals surface area (Å²) < 4.78 is 13.4. The Hall–Kier alpha value is -2.69. The molecule has 120 valence electrons. The number of halogens is 1. The number of benzene rings is 2. The Morgan fingerprint density at radius 3 is 2.26 bits per heavy atom. The van der Waals surface area contributed by atoms with Gasteiger partial charge in [0, 0.05) is 11.3 Å². The maximum atomic E-state index is 13.4. The second-order valence-electron chi connectivity index (χ2n) is 5.57. The molecule has 0 aliphatic carbocycles. The largest absolute Gasteiger partial charge is 0.343 e. The van der Waals surface area contributed by atoms with Gasteiger partial charge in [-0.15, -0.1) is 0 Å². The van der Waals surface area contributed by atoms with E-state index in [1.165, 1.54) is 6.07 Å². The third kappa shape index (κ3) is 4.64. The van der Waals surface area contributed by atoms with Gasteiger partial charge < -0.3 is 10.6 Å². The first-order valence-electron chi connectivity index (χ1n) is 7.27. The zero-order chi connectivity index (χ0) is 17.0. The number of carbonyl (C=O) groups is 2. The summed E-state index contributed by atoms with van der Waals surface area (Å²) in [6.45, 7) is 5.27. The summed E-state index contributed by atoms with van der Waals surface area (Å²) in [6, 6.07) is 9.93. The predicted molar refractivity (Wildman–Crippen MR) is 88.0 cm³/mol. The van der Waals surface area contributed by atoms with Gasteiger partial charge in [0.25, 0.3) is 5.91 Å². The van der Waals surface area contributed by atoms with Crippen molar-refractivity contribution in [3.05, 3.63) is 64.5 Å². The highest BCUT2D eigenvalue weighted by atomic mass is 19.1. The van der Waals surface area contributed by atoms with Crippen LogP contribution in [0.1, 0.15) is 27.0 Å². The van der Waals surface area contributed by atoms with Crippen molar-refractivity contribution < 1.29 is 14.0 Å². The van der Waals surface area contributed by atoms with Crippen molar-refractivity contribution in [1.82, 2.24) is 5.32 Å². The third-order valence-electron chi connectivity index (χ3n) is 3.35. The summed E-state index contributed by atoms with van der Waals surface area (Å²) in [4.78, 5) is 23.9. The average Bonchev–Trinajstić information content (AvgIpc) is 2.47. The molecule has 5 heteroatoms. The van der Waals surface area contributed by atoms with Gasteiger partial charge in [0.1, 0.15) is 5.82 Å². The quantitative estimate of drug-likeness (QED) is 0.911. The Kier molecular flexibility index (Phi) is 5.11. The van der Waals surface area contributed by atoms with Gasteiger partial charge >= 0.3 is 0 Å². The van der Waals surface area contributed by atoms with Crippen LogP contribution in [0, 0.1) is 26.6 Å². The van der Waals surface area contributed by atoms with Gasteiger partial charge in [-0.05, 0) is 50.6 Å². The molecule has 0 heterocycles. The second-order valence-corrected chi connectivity index (χ2v) is 5.57. The molecular formula is C18H19FN2O2. The topological polar surface area (TPSA) is 58.2 Å². The summed E-state index contributed by atoms with van der Waals surface area (Å²) in [6.07, 6.45) is 0. The van der Waals surface area contributed by atoms with Crippen molar-refractivity contribution >= 4 is 17.5 Å². The first-order valence-corrected chi connectivity index (χ1v) is 7.27. The van der Waals surface area contributed by atoms with Gasteiger partial charge in [0.15, 0.2) is 0 Å². The normalized spacial score (nSPS) is 10.3. The summed E-state index contributed by atoms with van der Waals surface area (Å²) in [5.41, 5.74) is 3.34. The zero-order valence-corrected chi connectivity index (χ0v) is 13.4. The van der Waals surface area contributed by atoms with Gasteiger partial charge in [-0.25, -0.2) is 4.39 Å². The first-order chi connectivity index (χ1) is 10.8. The number of amides is 2. The molecule has 0 aromatic heterocycles. The standard InChI is InChI=1S/C18H19FN2O2/c1-11-6-12(2)8-14(7-11)18(23)20-10-17(22)21-15-5-4-13(3)16(19)9-15/h4-9H,10H2,1-3H3,(H,20,23)(H,21,22). The van der Waals surface area contributed by atoms with Crippen LogP contribution in [-0.2, 0) is 4.79 Å². The molecule has 0 aliphatic rings. The summed E-state index contributed by atoms with van der Waals surface area (Å²) in [7, 11) is 0. The van der Waals surface area contributed by atoms with Crippen LogP contribution in [0.2, 0.25) is 0 Å². The van der Waals surface area contributed by atoms with Crippen molar-refractivity contribution in [1.29, 1.82) is 0 Å². The van der Waals surface area contributed by atoms with Gasteiger partial charge in [-0.1, -0.05) is 23.3 Å². The highest BCUT2D eigenvalue weighted by Crippen LogP contribution is 2.13. The fraction of sp³-hybridized carbons (Fsp3) is 0.222. The molecule has 2 N–H and O–H groups in total. The van der Waals surface area contributed by atoms with E-state index in [0.29, 0.717) is 16.8 Å². The number of aryl methyl sites for hydroxylation is 3. The lowest BCUT2D eigenvalue weighted by Gasteiger charge is -2.09. The summed E-state index contributed by atoms with van der Waals surface area (Å²) >= 11 is 0. The monoisotopic (exact) mass is 314 g/mol. The Labute approximate surface area is 134 Å². The van der Waals surface area contributed by atoms with Gasteiger partial charge in [-0.2, -0.15) is 0 Å². The smallest absolute Gasteiger partial charge is 0.251 e. The fourth-order valence-corrected chi connectivity index (χ4v) is 2.24. The minimum Gasteiger partial charge on any atom is -0.343 e. The van der Waals surface area contributed by atoms with Crippen LogP contribution >= 0.6 is 0 Å². The molecule has 0 spiro atoms. The Bertz CT molecular complexity index is 736. The predicted octanol–water partition coefficient (Wildman–Crippen LogP) is 3.12. The van der Waals surface area contributed by atoms with E-state index >= 15 is 0 Å². The van der Waals surface area contributed by atoms with Crippen LogP contribution in [0.25, 0.3) is 0 Å². The van der Waals surface area contributed by atoms with Gasteiger partial charge in [0.2, 0.25) is 5.91 Å². The lowest BCUT2D eigenvalue weighted by Crippen LogP contribution is -2.32. The van der Waals surface area contributed by atoms with Crippen molar-refractivity contribution in [2.75, 3.05) is 11.9 Å². The minimum absolute atomic E-state index is 0.179. The molecule has 2 rings (SSSR count). The maximum Gasteiger partial charge on any atom is 0.251 e. The number of hydrogen-bond acceptors (Lipinski definition) is 2. The molecule has 2 aromatic carbocycles. The van der Waals surface area contributed by atoms with Crippen LogP contribution in [-0.4, -0.2) is 18.4 Å². The number of rotatable bonds is 4. The molecule has 4 nitrogen and oxygen atoms in total. The van der Waals surface area contributed by atoms with Crippen molar-refractivity contribution in [3.63, 3.8) is 0 Å². The molecule has 0 unspecified atom stereocenters. The Balaban J connectivity index is 1.93. The highest BCUT2D eigenvalue weighted by Gasteiger charge is 2.10. The number of anilines is 1. The maximum absolute atomic E-state index is 13.4. The van der Waals surface area contributed by atoms with Crippen LogP contribution in [0.4, 0.5) is 10.1 Å². The number of carbonyl (C=O) groups excluding carboxylic acids is 2. The molecule has 0 atom stereocenters. The fourth-order valence-electron chi connectivity index (χ4n) is 2.24. The van der Waals surface area contributed by atoms with Crippen LogP contribution in [0.3, 0.4) is 0 Å². The van der Waals surface area contributed by atoms with Crippen molar-refractivity contribution in [2.45, 2.75) is 20.8 Å². The van der Waals surface area contributed by atoms with E-state index < -0.39 is 5.91 Å². The number of nitrogens with one attached hydrogen (secondary N) is 2. The molecule has 0 fully saturated rings. The third-order valence-corrected chi connectivity index (χ3v) is 3.35. The Morgan fingerprint density at radius 1 is 1.00 bits per heavy atom. The van der Waals surface area contributed by atoms with Crippen LogP contribution in [0.5, 0.6) is 0 Å². The molecule has 23 heavy (non-hydrogen) atoms. The minimum atomic E-state index is -0.411. The second kappa shape index (κ2) is 7.05. The zero-order valence-electron chi connectivity index (χ0n) is 13.4. The Morgan fingerprint density at radius 2 is 1.65 bits per heavy atom. The lowest BCUT2D eigenvalue weighted by atomic mass is 10.1. The van der Waals surface area contributed by atoms with E-state index in [-0.39, 0.29) is 18.3 Å². The molecule has 0 aliphatic heterocycles. The summed E-state index contributed by atoms with van der Waals surface area (Å²) in [5, 5.41) is 5.10. The highest BCUT2D eigenvalue weighted by molar-refractivity contribution is 5.99. The lowest BCUT2D eigenvalue weighted by molar-refractivity contribution is -0.115. The van der Waals surface area contributed by atoms with Crippen molar-refractivity contribution in [2.24, 2.45) is 0 Å². The number of hydrogen-bond donors (Lipinski definition) is 2. The average molecular weight is 314 g/mol. The van der Waals surface area contributed by atoms with Crippen LogP contribution in [0.15, 0.2) is 36.4 Å². The SMILES string of the molecule is Cc1cc(C)cc(C(=O)NCC(=O)Nc2ccc(C)c(F)c2)c1. The van der Waals surface area contributed by atoms with Crippen molar-refractivity contribution in [3.8, 4) is 0 Å². The first kappa shape index (κ1) is 16.7. The molecule has 2 amide bonds. The van der Waals surface area contributed by atoms with E-state index in [1.807, 2.05) is 19.9 Å². The molecular weight excluding hydrogens is 295 g/mol. The molecule has 0 radical (unpaired) electrons. The summed E-state index contributed by atoms with van der Waals surface area (Å²) in [5.74, 6) is -1.12.